The molecule has 1 aromatic heterocycles. The highest BCUT2D eigenvalue weighted by molar-refractivity contribution is 6.16. The van der Waals surface area contributed by atoms with Crippen LogP contribution in [0.25, 0.3) is 55.4 Å². The SMILES string of the molecule is CC1(C)C2=c3c(c4c5ccccc5n(CNC(/N=C(\N)c5ccccc5)c5ccc6ccccc6c5)c4cc3=CCC2)-c2ccccc21. The third kappa shape index (κ3) is 4.44. The summed E-state index contributed by atoms with van der Waals surface area (Å²) in [5, 5.41) is 11.6. The Bertz CT molecular complexity index is 2550. The Labute approximate surface area is 280 Å². The molecule has 0 spiro atoms. The monoisotopic (exact) mass is 622 g/mol. The Hall–Kier alpha value is -5.45. The second-order valence-electron chi connectivity index (χ2n) is 13.7. The van der Waals surface area contributed by atoms with Gasteiger partial charge in [0.05, 0.1) is 17.7 Å². The van der Waals surface area contributed by atoms with Crippen molar-refractivity contribution in [2.45, 2.75) is 44.9 Å². The van der Waals surface area contributed by atoms with Crippen LogP contribution < -0.4 is 21.5 Å². The van der Waals surface area contributed by atoms with Gasteiger partial charge in [0.15, 0.2) is 0 Å². The van der Waals surface area contributed by atoms with E-state index in [0.717, 1.165) is 24.0 Å². The molecule has 48 heavy (non-hydrogen) atoms. The molecule has 0 bridgehead atoms. The van der Waals surface area contributed by atoms with E-state index in [1.165, 1.54) is 59.7 Å². The van der Waals surface area contributed by atoms with Gasteiger partial charge in [-0.25, -0.2) is 4.99 Å². The maximum atomic E-state index is 6.67. The highest BCUT2D eigenvalue weighted by atomic mass is 15.2. The van der Waals surface area contributed by atoms with Crippen molar-refractivity contribution < 1.29 is 0 Å². The third-order valence-electron chi connectivity index (χ3n) is 10.6. The average Bonchev–Trinajstić information content (AvgIpc) is 3.44. The molecule has 2 aliphatic carbocycles. The van der Waals surface area contributed by atoms with E-state index in [-0.39, 0.29) is 11.6 Å². The first-order chi connectivity index (χ1) is 23.5. The molecule has 7 aromatic rings. The van der Waals surface area contributed by atoms with Gasteiger partial charge in [0, 0.05) is 21.8 Å². The molecular formula is C44H38N4. The fourth-order valence-corrected chi connectivity index (χ4v) is 8.30. The zero-order valence-corrected chi connectivity index (χ0v) is 27.4. The molecule has 0 radical (unpaired) electrons. The van der Waals surface area contributed by atoms with Crippen molar-refractivity contribution in [1.29, 1.82) is 0 Å². The summed E-state index contributed by atoms with van der Waals surface area (Å²) >= 11 is 0. The molecule has 1 atom stereocenters. The largest absolute Gasteiger partial charge is 0.383 e. The predicted molar refractivity (Wildman–Crippen MR) is 201 cm³/mol. The highest BCUT2D eigenvalue weighted by Gasteiger charge is 2.35. The maximum absolute atomic E-state index is 6.67. The number of amidine groups is 1. The molecule has 4 heteroatoms. The van der Waals surface area contributed by atoms with Gasteiger partial charge in [0.1, 0.15) is 12.0 Å². The van der Waals surface area contributed by atoms with E-state index in [4.69, 9.17) is 10.7 Å². The van der Waals surface area contributed by atoms with Gasteiger partial charge in [0.2, 0.25) is 0 Å². The maximum Gasteiger partial charge on any atom is 0.129 e. The normalized spacial score (nSPS) is 15.7. The molecule has 0 aliphatic heterocycles. The molecule has 0 amide bonds. The number of rotatable bonds is 6. The minimum absolute atomic E-state index is 0.00995. The lowest BCUT2D eigenvalue weighted by atomic mass is 9.66. The smallest absolute Gasteiger partial charge is 0.129 e. The van der Waals surface area contributed by atoms with Crippen LogP contribution in [0.1, 0.15) is 49.5 Å². The van der Waals surface area contributed by atoms with Crippen LogP contribution in [-0.2, 0) is 12.1 Å². The van der Waals surface area contributed by atoms with Gasteiger partial charge in [-0.3, -0.25) is 5.32 Å². The third-order valence-corrected chi connectivity index (χ3v) is 10.6. The molecule has 0 saturated carbocycles. The quantitative estimate of drug-likeness (QED) is 0.145. The van der Waals surface area contributed by atoms with Crippen LogP contribution in [0.15, 0.2) is 132 Å². The van der Waals surface area contributed by atoms with Gasteiger partial charge in [-0.05, 0) is 74.5 Å². The first-order valence-electron chi connectivity index (χ1n) is 17.0. The van der Waals surface area contributed by atoms with Crippen LogP contribution >= 0.6 is 0 Å². The lowest BCUT2D eigenvalue weighted by Crippen LogP contribution is -2.41. The standard InChI is InChI=1S/C44H38N4/c1-44(2)35-20-10-8-18-33(35)41-39-31(17-12-21-36(39)44)26-38-40(41)34-19-9-11-22-37(34)48(38)27-46-43(47-42(45)29-14-4-3-5-15-29)32-24-23-28-13-6-7-16-30(28)25-32/h3-11,13-20,22-26,43,46H,12,21,27H2,1-2H3,(H2,45,47). The topological polar surface area (TPSA) is 55.3 Å². The van der Waals surface area contributed by atoms with Crippen LogP contribution in [0.3, 0.4) is 0 Å². The molecule has 1 unspecified atom stereocenters. The first kappa shape index (κ1) is 28.7. The summed E-state index contributed by atoms with van der Waals surface area (Å²) in [4.78, 5) is 5.11. The Balaban J connectivity index is 1.24. The van der Waals surface area contributed by atoms with Crippen molar-refractivity contribution in [2.75, 3.05) is 0 Å². The Morgan fingerprint density at radius 1 is 0.812 bits per heavy atom. The van der Waals surface area contributed by atoms with Gasteiger partial charge < -0.3 is 10.3 Å². The second-order valence-corrected chi connectivity index (χ2v) is 13.7. The summed E-state index contributed by atoms with van der Waals surface area (Å²) in [6.07, 6.45) is 4.26. The van der Waals surface area contributed by atoms with E-state index >= 15 is 0 Å². The van der Waals surface area contributed by atoms with Crippen molar-refractivity contribution >= 4 is 50.1 Å². The summed E-state index contributed by atoms with van der Waals surface area (Å²) in [5.74, 6) is 0.513. The molecule has 3 N–H and O–H groups in total. The number of fused-ring (bicyclic) bond motifs is 7. The van der Waals surface area contributed by atoms with Crippen molar-refractivity contribution in [2.24, 2.45) is 10.7 Å². The van der Waals surface area contributed by atoms with Gasteiger partial charge in [-0.2, -0.15) is 0 Å². The van der Waals surface area contributed by atoms with E-state index in [1.807, 2.05) is 30.3 Å². The van der Waals surface area contributed by atoms with Gasteiger partial charge in [0.25, 0.3) is 0 Å². The van der Waals surface area contributed by atoms with Crippen molar-refractivity contribution in [3.63, 3.8) is 0 Å². The van der Waals surface area contributed by atoms with Crippen molar-refractivity contribution in [3.05, 3.63) is 155 Å². The minimum Gasteiger partial charge on any atom is -0.383 e. The van der Waals surface area contributed by atoms with Crippen molar-refractivity contribution in [3.8, 4) is 11.1 Å². The van der Waals surface area contributed by atoms with Crippen LogP contribution in [0.4, 0.5) is 0 Å². The number of nitrogens with zero attached hydrogens (tertiary/aromatic N) is 2. The lowest BCUT2D eigenvalue weighted by Gasteiger charge is -2.37. The highest BCUT2D eigenvalue weighted by Crippen LogP contribution is 2.46. The number of aliphatic imine (C=N–C) groups is 1. The number of hydrogen-bond acceptors (Lipinski definition) is 2. The van der Waals surface area contributed by atoms with Crippen LogP contribution in [0.5, 0.6) is 0 Å². The summed E-state index contributed by atoms with van der Waals surface area (Å²) in [6, 6.07) is 45.4. The van der Waals surface area contributed by atoms with Gasteiger partial charge >= 0.3 is 0 Å². The average molecular weight is 623 g/mol. The number of para-hydroxylation sites is 1. The molecule has 0 saturated heterocycles. The molecule has 2 aliphatic rings. The number of aromatic nitrogens is 1. The Kier molecular flexibility index (Phi) is 6.63. The van der Waals surface area contributed by atoms with Crippen molar-refractivity contribution in [1.82, 2.24) is 9.88 Å². The summed E-state index contributed by atoms with van der Waals surface area (Å²) in [5.41, 5.74) is 16.8. The fourth-order valence-electron chi connectivity index (χ4n) is 8.30. The Morgan fingerprint density at radius 2 is 1.56 bits per heavy atom. The molecular weight excluding hydrogens is 585 g/mol. The summed E-state index contributed by atoms with van der Waals surface area (Å²) in [6.45, 7) is 5.38. The second kappa shape index (κ2) is 11.1. The number of benzene rings is 6. The minimum atomic E-state index is -0.352. The number of nitrogens with one attached hydrogen (secondary N) is 1. The van der Waals surface area contributed by atoms with Gasteiger partial charge in [-0.1, -0.05) is 135 Å². The number of hydrogen-bond donors (Lipinski definition) is 2. The molecule has 234 valence electrons. The zero-order valence-electron chi connectivity index (χ0n) is 27.4. The molecule has 4 nitrogen and oxygen atoms in total. The van der Waals surface area contributed by atoms with Crippen LogP contribution in [0, 0.1) is 0 Å². The molecule has 9 rings (SSSR count). The van der Waals surface area contributed by atoms with Gasteiger partial charge in [-0.15, -0.1) is 0 Å². The summed E-state index contributed by atoms with van der Waals surface area (Å²) in [7, 11) is 0. The molecule has 0 fully saturated rings. The number of nitrogens with two attached hydrogens (primary N) is 1. The van der Waals surface area contributed by atoms with E-state index in [2.05, 4.69) is 127 Å². The first-order valence-corrected chi connectivity index (χ1v) is 17.0. The van der Waals surface area contributed by atoms with E-state index in [1.54, 1.807) is 5.57 Å². The van der Waals surface area contributed by atoms with Crippen LogP contribution in [-0.4, -0.2) is 10.4 Å². The predicted octanol–water partition coefficient (Wildman–Crippen LogP) is 8.28. The Morgan fingerprint density at radius 3 is 2.44 bits per heavy atom. The van der Waals surface area contributed by atoms with Crippen LogP contribution in [0.2, 0.25) is 0 Å². The molecule has 1 heterocycles. The molecule has 6 aromatic carbocycles. The summed E-state index contributed by atoms with van der Waals surface area (Å²) < 4.78 is 2.44. The van der Waals surface area contributed by atoms with E-state index in [9.17, 15) is 0 Å². The fraction of sp³-hybridized carbons (Fsp3) is 0.159. The van der Waals surface area contributed by atoms with E-state index in [0.29, 0.717) is 12.5 Å². The lowest BCUT2D eigenvalue weighted by molar-refractivity contribution is 0.491. The zero-order chi connectivity index (χ0) is 32.4. The van der Waals surface area contributed by atoms with E-state index < -0.39 is 0 Å².